The quantitative estimate of drug-likeness (QED) is 0.725. The Kier molecular flexibility index (Phi) is 4.90. The second-order valence-corrected chi connectivity index (χ2v) is 6.93. The minimum absolute atomic E-state index is 0.0249. The van der Waals surface area contributed by atoms with E-state index in [1.165, 1.54) is 30.0 Å². The van der Waals surface area contributed by atoms with Crippen molar-refractivity contribution in [3.05, 3.63) is 18.2 Å². The molecule has 0 bridgehead atoms. The minimum Gasteiger partial charge on any atom is -0.479 e. The van der Waals surface area contributed by atoms with Crippen molar-refractivity contribution >= 4 is 27.5 Å². The Bertz CT molecular complexity index is 732. The number of benzene rings is 1. The molecule has 0 fully saturated rings. The number of anilines is 1. The highest BCUT2D eigenvalue weighted by Crippen LogP contribution is 2.34. The van der Waals surface area contributed by atoms with Crippen LogP contribution < -0.4 is 19.7 Å². The monoisotopic (exact) mass is 341 g/mol. The fraction of sp³-hybridized carbons (Fsp3) is 0.429. The van der Waals surface area contributed by atoms with Crippen LogP contribution in [0, 0.1) is 0 Å². The molecule has 126 valence electrons. The molecule has 0 saturated heterocycles. The average molecular weight is 341 g/mol. The first kappa shape index (κ1) is 17.2. The number of nitrogens with zero attached hydrogens (tertiary/aromatic N) is 1. The largest absolute Gasteiger partial charge is 0.479 e. The van der Waals surface area contributed by atoms with Crippen LogP contribution in [0.25, 0.3) is 0 Å². The first-order valence-electron chi connectivity index (χ1n) is 7.05. The number of rotatable bonds is 5. The summed E-state index contributed by atoms with van der Waals surface area (Å²) >= 11 is 0. The number of hydrogen-bond acceptors (Lipinski definition) is 5. The molecule has 0 aromatic heterocycles. The molecule has 1 aliphatic rings. The number of amides is 2. The summed E-state index contributed by atoms with van der Waals surface area (Å²) in [7, 11) is -2.17. The lowest BCUT2D eigenvalue weighted by atomic mass is 10.2. The van der Waals surface area contributed by atoms with Gasteiger partial charge in [-0.25, -0.2) is 13.1 Å². The number of likely N-dealkylation sites (N-methyl/N-ethyl adjacent to an activating group) is 1. The third-order valence-electron chi connectivity index (χ3n) is 3.38. The second-order valence-electron chi connectivity index (χ2n) is 5.17. The summed E-state index contributed by atoms with van der Waals surface area (Å²) in [5.74, 6) is -0.0214. The van der Waals surface area contributed by atoms with E-state index in [1.54, 1.807) is 14.0 Å². The Hall–Kier alpha value is -2.13. The van der Waals surface area contributed by atoms with E-state index < -0.39 is 16.1 Å². The summed E-state index contributed by atoms with van der Waals surface area (Å²) < 4.78 is 32.3. The zero-order valence-corrected chi connectivity index (χ0v) is 13.9. The van der Waals surface area contributed by atoms with Crippen molar-refractivity contribution in [2.75, 3.05) is 25.0 Å². The highest BCUT2D eigenvalue weighted by molar-refractivity contribution is 7.89. The number of fused-ring (bicyclic) bond motifs is 1. The number of hydrogen-bond donors (Lipinski definition) is 2. The van der Waals surface area contributed by atoms with Crippen LogP contribution in [0.3, 0.4) is 0 Å². The molecule has 0 radical (unpaired) electrons. The Balaban J connectivity index is 2.18. The molecule has 1 heterocycles. The van der Waals surface area contributed by atoms with Crippen molar-refractivity contribution in [3.63, 3.8) is 0 Å². The normalized spacial score (nSPS) is 17.4. The maximum atomic E-state index is 12.2. The fourth-order valence-corrected chi connectivity index (χ4v) is 3.22. The molecule has 2 rings (SSSR count). The molecule has 2 amide bonds. The first-order valence-corrected chi connectivity index (χ1v) is 8.53. The molecule has 1 unspecified atom stereocenters. The van der Waals surface area contributed by atoms with Crippen LogP contribution in [0.4, 0.5) is 5.69 Å². The van der Waals surface area contributed by atoms with Gasteiger partial charge in [0.1, 0.15) is 5.75 Å². The van der Waals surface area contributed by atoms with Crippen molar-refractivity contribution in [3.8, 4) is 5.75 Å². The van der Waals surface area contributed by atoms with E-state index in [9.17, 15) is 18.0 Å². The van der Waals surface area contributed by atoms with Crippen LogP contribution in [-0.4, -0.2) is 46.5 Å². The molecular weight excluding hydrogens is 322 g/mol. The van der Waals surface area contributed by atoms with E-state index in [-0.39, 0.29) is 29.8 Å². The van der Waals surface area contributed by atoms with Crippen LogP contribution in [-0.2, 0) is 19.6 Å². The van der Waals surface area contributed by atoms with Gasteiger partial charge in [0.05, 0.1) is 10.6 Å². The van der Waals surface area contributed by atoms with Crippen LogP contribution in [0.1, 0.15) is 13.8 Å². The average Bonchev–Trinajstić information content (AvgIpc) is 2.49. The molecule has 23 heavy (non-hydrogen) atoms. The van der Waals surface area contributed by atoms with E-state index in [0.29, 0.717) is 11.4 Å². The number of ether oxygens (including phenoxy) is 1. The summed E-state index contributed by atoms with van der Waals surface area (Å²) in [5.41, 5.74) is 0.401. The Morgan fingerprint density at radius 2 is 2.04 bits per heavy atom. The van der Waals surface area contributed by atoms with E-state index in [0.717, 1.165) is 0 Å². The van der Waals surface area contributed by atoms with Gasteiger partial charge < -0.3 is 15.0 Å². The molecule has 8 nitrogen and oxygen atoms in total. The van der Waals surface area contributed by atoms with Crippen molar-refractivity contribution in [2.45, 2.75) is 24.8 Å². The van der Waals surface area contributed by atoms with Crippen molar-refractivity contribution in [2.24, 2.45) is 0 Å². The topological polar surface area (TPSA) is 105 Å². The van der Waals surface area contributed by atoms with Crippen molar-refractivity contribution < 1.29 is 22.7 Å². The molecule has 1 aliphatic heterocycles. The van der Waals surface area contributed by atoms with Gasteiger partial charge in [0.25, 0.3) is 5.91 Å². The standard InChI is InChI=1S/C14H19N3O5S/c1-9-14(19)17(3)12-8-11(4-5-13(12)22-9)23(20,21)16-7-6-15-10(2)18/h4-5,8-9,16H,6-7H2,1-3H3,(H,15,18). The van der Waals surface area contributed by atoms with Crippen molar-refractivity contribution in [1.82, 2.24) is 10.0 Å². The van der Waals surface area contributed by atoms with Crippen LogP contribution >= 0.6 is 0 Å². The van der Waals surface area contributed by atoms with Crippen LogP contribution in [0.5, 0.6) is 5.75 Å². The maximum absolute atomic E-state index is 12.2. The van der Waals surface area contributed by atoms with Gasteiger partial charge in [-0.05, 0) is 25.1 Å². The van der Waals surface area contributed by atoms with Gasteiger partial charge in [0.2, 0.25) is 15.9 Å². The fourth-order valence-electron chi connectivity index (χ4n) is 2.17. The highest BCUT2D eigenvalue weighted by Gasteiger charge is 2.30. The maximum Gasteiger partial charge on any atom is 0.267 e. The Morgan fingerprint density at radius 3 is 2.70 bits per heavy atom. The van der Waals surface area contributed by atoms with Crippen LogP contribution in [0.2, 0.25) is 0 Å². The molecule has 9 heteroatoms. The Labute approximate surface area is 134 Å². The number of sulfonamides is 1. The minimum atomic E-state index is -3.74. The molecule has 1 atom stereocenters. The van der Waals surface area contributed by atoms with Gasteiger partial charge in [0, 0.05) is 27.1 Å². The SMILES string of the molecule is CC(=O)NCCNS(=O)(=O)c1ccc2c(c1)N(C)C(=O)C(C)O2. The van der Waals surface area contributed by atoms with E-state index >= 15 is 0 Å². The molecule has 0 saturated carbocycles. The summed E-state index contributed by atoms with van der Waals surface area (Å²) in [6, 6.07) is 4.33. The lowest BCUT2D eigenvalue weighted by Crippen LogP contribution is -2.42. The summed E-state index contributed by atoms with van der Waals surface area (Å²) in [6.07, 6.45) is -0.606. The molecular formula is C14H19N3O5S. The van der Waals surface area contributed by atoms with E-state index in [1.807, 2.05) is 0 Å². The zero-order chi connectivity index (χ0) is 17.2. The van der Waals surface area contributed by atoms with Gasteiger partial charge in [0.15, 0.2) is 6.10 Å². The first-order chi connectivity index (χ1) is 10.7. The molecule has 0 aliphatic carbocycles. The third kappa shape index (κ3) is 3.80. The lowest BCUT2D eigenvalue weighted by molar-refractivity contribution is -0.125. The lowest BCUT2D eigenvalue weighted by Gasteiger charge is -2.30. The van der Waals surface area contributed by atoms with E-state index in [4.69, 9.17) is 4.74 Å². The van der Waals surface area contributed by atoms with Gasteiger partial charge in [-0.15, -0.1) is 0 Å². The summed E-state index contributed by atoms with van der Waals surface area (Å²) in [6.45, 7) is 3.25. The van der Waals surface area contributed by atoms with E-state index in [2.05, 4.69) is 10.0 Å². The van der Waals surface area contributed by atoms with Crippen LogP contribution in [0.15, 0.2) is 23.1 Å². The third-order valence-corrected chi connectivity index (χ3v) is 4.83. The predicted octanol–water partition coefficient (Wildman–Crippen LogP) is -0.155. The molecule has 1 aromatic rings. The molecule has 1 aromatic carbocycles. The number of carbonyl (C=O) groups excluding carboxylic acids is 2. The van der Waals surface area contributed by atoms with Gasteiger partial charge in [-0.3, -0.25) is 9.59 Å². The predicted molar refractivity (Wildman–Crippen MR) is 83.8 cm³/mol. The highest BCUT2D eigenvalue weighted by atomic mass is 32.2. The van der Waals surface area contributed by atoms with Gasteiger partial charge in [-0.2, -0.15) is 0 Å². The summed E-state index contributed by atoms with van der Waals surface area (Å²) in [5, 5.41) is 2.50. The summed E-state index contributed by atoms with van der Waals surface area (Å²) in [4.78, 5) is 24.1. The van der Waals surface area contributed by atoms with Crippen molar-refractivity contribution in [1.29, 1.82) is 0 Å². The van der Waals surface area contributed by atoms with Gasteiger partial charge >= 0.3 is 0 Å². The molecule has 0 spiro atoms. The molecule has 2 N–H and O–H groups in total. The zero-order valence-electron chi connectivity index (χ0n) is 13.1. The number of carbonyl (C=O) groups is 2. The number of nitrogens with one attached hydrogen (secondary N) is 2. The second kappa shape index (κ2) is 6.55. The van der Waals surface area contributed by atoms with Gasteiger partial charge in [-0.1, -0.05) is 0 Å². The Morgan fingerprint density at radius 1 is 1.35 bits per heavy atom. The smallest absolute Gasteiger partial charge is 0.267 e.